The number of aromatic nitrogens is 2. The largest absolute Gasteiger partial charge is 0.497 e. The Bertz CT molecular complexity index is 1120. The molecular formula is C21H19FN4O4S. The molecule has 2 amide bonds. The molecule has 0 spiro atoms. The molecule has 1 fully saturated rings. The van der Waals surface area contributed by atoms with E-state index in [-0.39, 0.29) is 24.1 Å². The highest BCUT2D eigenvalue weighted by Crippen LogP contribution is 2.34. The predicted molar refractivity (Wildman–Crippen MR) is 114 cm³/mol. The van der Waals surface area contributed by atoms with Crippen LogP contribution in [0.4, 0.5) is 15.2 Å². The molecule has 0 aliphatic carbocycles. The number of hydrogen-bond acceptors (Lipinski definition) is 7. The number of halogens is 1. The van der Waals surface area contributed by atoms with Crippen LogP contribution in [0.2, 0.25) is 0 Å². The Kier molecular flexibility index (Phi) is 5.81. The highest BCUT2D eigenvalue weighted by atomic mass is 32.1. The zero-order valence-corrected chi connectivity index (χ0v) is 17.6. The molecule has 31 heavy (non-hydrogen) atoms. The van der Waals surface area contributed by atoms with Gasteiger partial charge in [-0.25, -0.2) is 4.39 Å². The van der Waals surface area contributed by atoms with Crippen LogP contribution in [0.15, 0.2) is 42.5 Å². The van der Waals surface area contributed by atoms with E-state index in [9.17, 15) is 14.0 Å². The third kappa shape index (κ3) is 4.33. The van der Waals surface area contributed by atoms with E-state index in [1.54, 1.807) is 35.2 Å². The minimum Gasteiger partial charge on any atom is -0.497 e. The van der Waals surface area contributed by atoms with Gasteiger partial charge < -0.3 is 14.4 Å². The number of ether oxygens (including phenoxy) is 2. The van der Waals surface area contributed by atoms with Crippen LogP contribution in [0.3, 0.4) is 0 Å². The van der Waals surface area contributed by atoms with Gasteiger partial charge in [0.05, 0.1) is 19.8 Å². The summed E-state index contributed by atoms with van der Waals surface area (Å²) in [4.78, 5) is 26.7. The van der Waals surface area contributed by atoms with Crippen molar-refractivity contribution in [3.05, 3.63) is 58.9 Å². The monoisotopic (exact) mass is 442 g/mol. The van der Waals surface area contributed by atoms with Gasteiger partial charge in [0, 0.05) is 30.6 Å². The summed E-state index contributed by atoms with van der Waals surface area (Å²) < 4.78 is 23.6. The first-order chi connectivity index (χ1) is 15.0. The van der Waals surface area contributed by atoms with Crippen LogP contribution < -0.4 is 19.7 Å². The number of amides is 2. The minimum absolute atomic E-state index is 0.0691. The molecule has 1 aliphatic rings. The molecule has 10 heteroatoms. The Balaban J connectivity index is 1.46. The summed E-state index contributed by atoms with van der Waals surface area (Å²) in [5.74, 6) is -0.0275. The van der Waals surface area contributed by atoms with Crippen LogP contribution in [0, 0.1) is 5.82 Å². The van der Waals surface area contributed by atoms with Gasteiger partial charge in [-0.3, -0.25) is 14.9 Å². The highest BCUT2D eigenvalue weighted by molar-refractivity contribution is 7.15. The van der Waals surface area contributed by atoms with Gasteiger partial charge in [-0.1, -0.05) is 11.3 Å². The smallest absolute Gasteiger partial charge is 0.261 e. The molecule has 1 atom stereocenters. The molecule has 0 bridgehead atoms. The van der Waals surface area contributed by atoms with Gasteiger partial charge in [-0.15, -0.1) is 10.2 Å². The molecule has 1 aliphatic heterocycles. The van der Waals surface area contributed by atoms with Crippen LogP contribution in [0.1, 0.15) is 27.7 Å². The van der Waals surface area contributed by atoms with Gasteiger partial charge >= 0.3 is 0 Å². The van der Waals surface area contributed by atoms with E-state index in [0.717, 1.165) is 0 Å². The second kappa shape index (κ2) is 8.68. The Morgan fingerprint density at radius 2 is 1.94 bits per heavy atom. The van der Waals surface area contributed by atoms with Crippen LogP contribution in [0.25, 0.3) is 0 Å². The van der Waals surface area contributed by atoms with Crippen molar-refractivity contribution in [3.8, 4) is 11.5 Å². The van der Waals surface area contributed by atoms with E-state index in [2.05, 4.69) is 15.5 Å². The average Bonchev–Trinajstić information content (AvgIpc) is 3.40. The second-order valence-electron chi connectivity index (χ2n) is 6.85. The molecule has 2 heterocycles. The van der Waals surface area contributed by atoms with Crippen molar-refractivity contribution < 1.29 is 23.5 Å². The third-order valence-corrected chi connectivity index (χ3v) is 5.93. The predicted octanol–water partition coefficient (Wildman–Crippen LogP) is 3.47. The minimum atomic E-state index is -0.391. The van der Waals surface area contributed by atoms with Crippen molar-refractivity contribution in [1.29, 1.82) is 0 Å². The summed E-state index contributed by atoms with van der Waals surface area (Å²) >= 11 is 1.22. The molecule has 160 valence electrons. The molecule has 3 aromatic rings. The zero-order chi connectivity index (χ0) is 22.0. The van der Waals surface area contributed by atoms with E-state index in [1.165, 1.54) is 37.7 Å². The summed E-state index contributed by atoms with van der Waals surface area (Å²) in [7, 11) is 3.00. The summed E-state index contributed by atoms with van der Waals surface area (Å²) in [5.41, 5.74) is 0.970. The van der Waals surface area contributed by atoms with Crippen LogP contribution in [-0.4, -0.2) is 42.8 Å². The standard InChI is InChI=1S/C21H19FN4O4S/c1-29-15-7-8-16(17(10-15)30-2)19(28)23-21-25-24-20(31-21)12-9-18(27)26(11-12)14-5-3-13(22)4-6-14/h3-8,10,12H,9,11H2,1-2H3,(H,23,25,28). The number of hydrogen-bond donors (Lipinski definition) is 1. The number of anilines is 2. The van der Waals surface area contributed by atoms with Gasteiger partial charge in [0.2, 0.25) is 11.0 Å². The first-order valence-electron chi connectivity index (χ1n) is 9.41. The van der Waals surface area contributed by atoms with Crippen LogP contribution in [0.5, 0.6) is 11.5 Å². The zero-order valence-electron chi connectivity index (χ0n) is 16.8. The van der Waals surface area contributed by atoms with Crippen LogP contribution >= 0.6 is 11.3 Å². The quantitative estimate of drug-likeness (QED) is 0.628. The first kappa shape index (κ1) is 20.7. The lowest BCUT2D eigenvalue weighted by molar-refractivity contribution is -0.117. The van der Waals surface area contributed by atoms with Gasteiger partial charge in [0.25, 0.3) is 5.91 Å². The summed E-state index contributed by atoms with van der Waals surface area (Å²) in [5, 5.41) is 11.9. The Morgan fingerprint density at radius 3 is 2.65 bits per heavy atom. The van der Waals surface area contributed by atoms with E-state index in [1.807, 2.05) is 0 Å². The molecule has 1 N–H and O–H groups in total. The fourth-order valence-corrected chi connectivity index (χ4v) is 4.17. The van der Waals surface area contributed by atoms with Crippen molar-refractivity contribution in [3.63, 3.8) is 0 Å². The molecule has 1 saturated heterocycles. The maximum absolute atomic E-state index is 13.2. The second-order valence-corrected chi connectivity index (χ2v) is 7.86. The fraction of sp³-hybridized carbons (Fsp3) is 0.238. The number of carbonyl (C=O) groups excluding carboxylic acids is 2. The summed E-state index contributed by atoms with van der Waals surface area (Å²) in [6.45, 7) is 0.416. The normalized spacial score (nSPS) is 15.8. The van der Waals surface area contributed by atoms with Crippen LogP contribution in [-0.2, 0) is 4.79 Å². The van der Waals surface area contributed by atoms with Gasteiger partial charge in [0.1, 0.15) is 22.3 Å². The van der Waals surface area contributed by atoms with E-state index in [4.69, 9.17) is 9.47 Å². The lowest BCUT2D eigenvalue weighted by atomic mass is 10.1. The van der Waals surface area contributed by atoms with Crippen molar-refractivity contribution in [2.24, 2.45) is 0 Å². The van der Waals surface area contributed by atoms with Crippen molar-refractivity contribution in [1.82, 2.24) is 10.2 Å². The Morgan fingerprint density at radius 1 is 1.16 bits per heavy atom. The molecule has 0 saturated carbocycles. The lowest BCUT2D eigenvalue weighted by Gasteiger charge is -2.16. The SMILES string of the molecule is COc1ccc(C(=O)Nc2nnc(C3CC(=O)N(c4ccc(F)cc4)C3)s2)c(OC)c1. The molecule has 2 aromatic carbocycles. The maximum Gasteiger partial charge on any atom is 0.261 e. The van der Waals surface area contributed by atoms with Gasteiger partial charge in [-0.05, 0) is 36.4 Å². The number of carbonyl (C=O) groups is 2. The highest BCUT2D eigenvalue weighted by Gasteiger charge is 2.34. The third-order valence-electron chi connectivity index (χ3n) is 4.93. The summed E-state index contributed by atoms with van der Waals surface area (Å²) in [6, 6.07) is 10.7. The molecule has 4 rings (SSSR count). The number of rotatable bonds is 6. The van der Waals surface area contributed by atoms with Crippen molar-refractivity contribution >= 4 is 34.0 Å². The molecule has 1 unspecified atom stereocenters. The topological polar surface area (TPSA) is 93.7 Å². The number of nitrogens with zero attached hydrogens (tertiary/aromatic N) is 3. The van der Waals surface area contributed by atoms with Gasteiger partial charge in [0.15, 0.2) is 0 Å². The maximum atomic E-state index is 13.2. The Hall–Kier alpha value is -3.53. The first-order valence-corrected chi connectivity index (χ1v) is 10.2. The van der Waals surface area contributed by atoms with E-state index < -0.39 is 5.91 Å². The molecule has 0 radical (unpaired) electrons. The van der Waals surface area contributed by atoms with Crippen molar-refractivity contribution in [2.75, 3.05) is 31.0 Å². The molecule has 1 aromatic heterocycles. The lowest BCUT2D eigenvalue weighted by Crippen LogP contribution is -2.24. The number of benzene rings is 2. The van der Waals surface area contributed by atoms with E-state index >= 15 is 0 Å². The molecular weight excluding hydrogens is 423 g/mol. The molecule has 8 nitrogen and oxygen atoms in total. The van der Waals surface area contributed by atoms with Gasteiger partial charge in [-0.2, -0.15) is 0 Å². The number of methoxy groups -OCH3 is 2. The summed E-state index contributed by atoms with van der Waals surface area (Å²) in [6.07, 6.45) is 0.270. The van der Waals surface area contributed by atoms with E-state index in [0.29, 0.717) is 39.4 Å². The van der Waals surface area contributed by atoms with Crippen molar-refractivity contribution in [2.45, 2.75) is 12.3 Å². The number of nitrogens with one attached hydrogen (secondary N) is 1. The average molecular weight is 442 g/mol. The Labute approximate surface area is 181 Å². The fourth-order valence-electron chi connectivity index (χ4n) is 3.34.